The largest absolute Gasteiger partial charge is 0.334 e. The van der Waals surface area contributed by atoms with Crippen molar-refractivity contribution in [1.29, 1.82) is 0 Å². The van der Waals surface area contributed by atoms with Crippen LogP contribution < -0.4 is 4.31 Å². The molecule has 0 amide bonds. The Morgan fingerprint density at radius 3 is 2.64 bits per heavy atom. The lowest BCUT2D eigenvalue weighted by atomic mass is 10.3. The van der Waals surface area contributed by atoms with Crippen LogP contribution in [-0.2, 0) is 17.1 Å². The molecule has 0 aliphatic rings. The van der Waals surface area contributed by atoms with Crippen molar-refractivity contribution < 1.29 is 8.42 Å². The van der Waals surface area contributed by atoms with Crippen LogP contribution in [0, 0.1) is 13.8 Å². The third-order valence-electron chi connectivity index (χ3n) is 3.75. The van der Waals surface area contributed by atoms with Gasteiger partial charge in [0, 0.05) is 14.1 Å². The molecule has 7 nitrogen and oxygen atoms in total. The Hall–Kier alpha value is -2.35. The molecular weight excluding hydrogens is 302 g/mol. The van der Waals surface area contributed by atoms with E-state index < -0.39 is 10.0 Å². The number of anilines is 1. The van der Waals surface area contributed by atoms with E-state index in [2.05, 4.69) is 15.2 Å². The maximum Gasteiger partial charge on any atom is 0.267 e. The van der Waals surface area contributed by atoms with Gasteiger partial charge in [0.1, 0.15) is 4.90 Å². The highest BCUT2D eigenvalue weighted by atomic mass is 32.2. The molecule has 2 heterocycles. The number of aryl methyl sites for hydroxylation is 3. The van der Waals surface area contributed by atoms with Gasteiger partial charge < -0.3 is 4.57 Å². The quantitative estimate of drug-likeness (QED) is 0.797. The van der Waals surface area contributed by atoms with Crippen LogP contribution in [0.5, 0.6) is 0 Å². The molecule has 0 aliphatic heterocycles. The summed E-state index contributed by atoms with van der Waals surface area (Å²) in [6, 6.07) is 5.39. The van der Waals surface area contributed by atoms with E-state index in [9.17, 15) is 8.42 Å². The van der Waals surface area contributed by atoms with Crippen LogP contribution in [-0.4, -0.2) is 35.2 Å². The number of hydrogen-bond acceptors (Lipinski definition) is 4. The summed E-state index contributed by atoms with van der Waals surface area (Å²) in [6.45, 7) is 3.37. The van der Waals surface area contributed by atoms with Crippen LogP contribution in [0.2, 0.25) is 0 Å². The summed E-state index contributed by atoms with van der Waals surface area (Å²) in [5.74, 6) is 0. The van der Waals surface area contributed by atoms with E-state index in [1.807, 2.05) is 17.7 Å². The van der Waals surface area contributed by atoms with E-state index in [-0.39, 0.29) is 4.90 Å². The van der Waals surface area contributed by atoms with Crippen LogP contribution >= 0.6 is 0 Å². The summed E-state index contributed by atoms with van der Waals surface area (Å²) < 4.78 is 28.8. The molecule has 3 aromatic rings. The first-order valence-electron chi connectivity index (χ1n) is 6.74. The van der Waals surface area contributed by atoms with Crippen molar-refractivity contribution in [3.05, 3.63) is 35.9 Å². The van der Waals surface area contributed by atoms with Gasteiger partial charge in [0.2, 0.25) is 0 Å². The zero-order valence-electron chi connectivity index (χ0n) is 12.8. The Morgan fingerprint density at radius 2 is 2.00 bits per heavy atom. The second-order valence-electron chi connectivity index (χ2n) is 5.26. The lowest BCUT2D eigenvalue weighted by molar-refractivity contribution is 0.593. The molecule has 0 bridgehead atoms. The van der Waals surface area contributed by atoms with Gasteiger partial charge in [-0.3, -0.25) is 9.40 Å². The molecule has 2 aromatic heterocycles. The molecule has 8 heteroatoms. The molecule has 1 aromatic carbocycles. The van der Waals surface area contributed by atoms with Gasteiger partial charge >= 0.3 is 0 Å². The summed E-state index contributed by atoms with van der Waals surface area (Å²) in [4.78, 5) is 4.48. The van der Waals surface area contributed by atoms with Crippen molar-refractivity contribution in [2.75, 3.05) is 11.4 Å². The third-order valence-corrected chi connectivity index (χ3v) is 5.80. The molecule has 0 saturated heterocycles. The Labute approximate surface area is 128 Å². The minimum atomic E-state index is -3.67. The lowest BCUT2D eigenvalue weighted by Gasteiger charge is -2.19. The topological polar surface area (TPSA) is 83.9 Å². The van der Waals surface area contributed by atoms with Crippen molar-refractivity contribution in [2.45, 2.75) is 18.7 Å². The van der Waals surface area contributed by atoms with Gasteiger partial charge in [0.25, 0.3) is 10.0 Å². The maximum absolute atomic E-state index is 12.8. The zero-order chi connectivity index (χ0) is 16.1. The van der Waals surface area contributed by atoms with Crippen LogP contribution in [0.25, 0.3) is 11.0 Å². The van der Waals surface area contributed by atoms with Gasteiger partial charge in [-0.2, -0.15) is 5.10 Å². The predicted octanol–water partition coefficient (Wildman–Crippen LogP) is 1.74. The fraction of sp³-hybridized carbons (Fsp3) is 0.286. The molecule has 0 saturated carbocycles. The monoisotopic (exact) mass is 319 g/mol. The average Bonchev–Trinajstić information content (AvgIpc) is 3.01. The number of sulfonamides is 1. The normalized spacial score (nSPS) is 12.0. The molecular formula is C14H17N5O2S. The minimum absolute atomic E-state index is 0.219. The van der Waals surface area contributed by atoms with Crippen molar-refractivity contribution in [1.82, 2.24) is 19.7 Å². The number of imidazole rings is 1. The van der Waals surface area contributed by atoms with Gasteiger partial charge in [0.05, 0.1) is 34.4 Å². The number of nitrogens with zero attached hydrogens (tertiary/aromatic N) is 4. The van der Waals surface area contributed by atoms with Crippen molar-refractivity contribution in [3.63, 3.8) is 0 Å². The number of aromatic amines is 1. The first kappa shape index (κ1) is 14.6. The van der Waals surface area contributed by atoms with Gasteiger partial charge in [-0.1, -0.05) is 0 Å². The first-order chi connectivity index (χ1) is 10.3. The van der Waals surface area contributed by atoms with Gasteiger partial charge in [-0.05, 0) is 32.0 Å². The van der Waals surface area contributed by atoms with E-state index >= 15 is 0 Å². The Balaban J connectivity index is 2.10. The molecule has 116 valence electrons. The predicted molar refractivity (Wildman–Crippen MR) is 84.4 cm³/mol. The first-order valence-corrected chi connectivity index (χ1v) is 8.18. The third kappa shape index (κ3) is 2.07. The number of fused-ring (bicyclic) bond motifs is 1. The number of benzene rings is 1. The lowest BCUT2D eigenvalue weighted by Crippen LogP contribution is -2.27. The maximum atomic E-state index is 12.8. The molecule has 0 spiro atoms. The smallest absolute Gasteiger partial charge is 0.267 e. The zero-order valence-corrected chi connectivity index (χ0v) is 13.6. The minimum Gasteiger partial charge on any atom is -0.334 e. The van der Waals surface area contributed by atoms with E-state index in [1.54, 1.807) is 32.3 Å². The SMILES string of the molecule is Cc1n[nH]c(C)c1S(=O)(=O)N(C)c1ccc2c(c1)ncn2C. The summed E-state index contributed by atoms with van der Waals surface area (Å²) in [6.07, 6.45) is 1.70. The summed E-state index contributed by atoms with van der Waals surface area (Å²) in [5, 5.41) is 6.68. The average molecular weight is 319 g/mol. The Morgan fingerprint density at radius 1 is 1.27 bits per heavy atom. The number of rotatable bonds is 3. The van der Waals surface area contributed by atoms with Crippen LogP contribution in [0.1, 0.15) is 11.4 Å². The highest BCUT2D eigenvalue weighted by molar-refractivity contribution is 7.92. The Bertz CT molecular complexity index is 935. The fourth-order valence-electron chi connectivity index (χ4n) is 2.52. The second-order valence-corrected chi connectivity index (χ2v) is 7.17. The van der Waals surface area contributed by atoms with Crippen LogP contribution in [0.4, 0.5) is 5.69 Å². The van der Waals surface area contributed by atoms with Crippen LogP contribution in [0.3, 0.4) is 0 Å². The summed E-state index contributed by atoms with van der Waals surface area (Å²) >= 11 is 0. The summed E-state index contributed by atoms with van der Waals surface area (Å²) in [5.41, 5.74) is 3.26. The highest BCUT2D eigenvalue weighted by Gasteiger charge is 2.27. The van der Waals surface area contributed by atoms with E-state index in [0.717, 1.165) is 11.0 Å². The van der Waals surface area contributed by atoms with Gasteiger partial charge in [-0.15, -0.1) is 0 Å². The molecule has 22 heavy (non-hydrogen) atoms. The molecule has 3 rings (SSSR count). The molecule has 1 N–H and O–H groups in total. The number of hydrogen-bond donors (Lipinski definition) is 1. The van der Waals surface area contributed by atoms with Crippen molar-refractivity contribution in [2.24, 2.45) is 7.05 Å². The fourth-order valence-corrected chi connectivity index (χ4v) is 4.03. The molecule has 0 aliphatic carbocycles. The van der Waals surface area contributed by atoms with E-state index in [4.69, 9.17) is 0 Å². The number of H-pyrrole nitrogens is 1. The number of nitrogens with one attached hydrogen (secondary N) is 1. The molecule has 0 atom stereocenters. The highest BCUT2D eigenvalue weighted by Crippen LogP contribution is 2.27. The van der Waals surface area contributed by atoms with E-state index in [0.29, 0.717) is 17.1 Å². The van der Waals surface area contributed by atoms with E-state index in [1.165, 1.54) is 11.4 Å². The van der Waals surface area contributed by atoms with Gasteiger partial charge in [0.15, 0.2) is 0 Å². The summed E-state index contributed by atoms with van der Waals surface area (Å²) in [7, 11) is -0.237. The Kier molecular flexibility index (Phi) is 3.21. The van der Waals surface area contributed by atoms with Crippen molar-refractivity contribution in [3.8, 4) is 0 Å². The number of aromatic nitrogens is 4. The molecule has 0 radical (unpaired) electrons. The van der Waals surface area contributed by atoms with Gasteiger partial charge in [-0.25, -0.2) is 13.4 Å². The van der Waals surface area contributed by atoms with Crippen LogP contribution in [0.15, 0.2) is 29.4 Å². The standard InChI is InChI=1S/C14H17N5O2S/c1-9-14(10(2)17-16-9)22(20,21)19(4)11-5-6-13-12(7-11)15-8-18(13)3/h5-8H,1-4H3,(H,16,17). The van der Waals surface area contributed by atoms with Crippen molar-refractivity contribution >= 4 is 26.7 Å². The molecule has 0 fully saturated rings. The second kappa shape index (κ2) is 4.84. The molecule has 0 unspecified atom stereocenters.